The molecule has 0 amide bonds. The lowest BCUT2D eigenvalue weighted by molar-refractivity contribution is -0.143. The Hall–Kier alpha value is -2.66. The molecule has 0 radical (unpaired) electrons. The number of nitrogens with zero attached hydrogens (tertiary/aromatic N) is 4. The molecule has 0 aliphatic heterocycles. The van der Waals surface area contributed by atoms with E-state index in [0.29, 0.717) is 5.69 Å². The maximum Gasteiger partial charge on any atom is 0.307 e. The van der Waals surface area contributed by atoms with Gasteiger partial charge in [0.15, 0.2) is 11.6 Å². The van der Waals surface area contributed by atoms with E-state index in [1.165, 1.54) is 0 Å². The largest absolute Gasteiger partial charge is 0.466 e. The number of rotatable bonds is 7. The van der Waals surface area contributed by atoms with Gasteiger partial charge in [-0.15, -0.1) is 0 Å². The van der Waals surface area contributed by atoms with Gasteiger partial charge in [-0.05, 0) is 19.1 Å². The number of hydrogen-bond acceptors (Lipinski definition) is 6. The summed E-state index contributed by atoms with van der Waals surface area (Å²) in [7, 11) is 1.79. The molecule has 1 unspecified atom stereocenters. The van der Waals surface area contributed by atoms with Crippen LogP contribution in [0.25, 0.3) is 0 Å². The highest BCUT2D eigenvalue weighted by atomic mass is 35.5. The standard InChI is InChI=1S/C18H21ClFN5O2/c1-5-27-15(26)9-14(18(2,3)13-6-7-25(4)24-13)22-17-12(20)8-11(10-21)16(19)23-17/h6-8,14H,5,9H2,1-4H3,(H,22,23). The number of esters is 1. The van der Waals surface area contributed by atoms with Gasteiger partial charge in [0.05, 0.1) is 24.3 Å². The molecule has 1 atom stereocenters. The van der Waals surface area contributed by atoms with Crippen LogP contribution in [0.3, 0.4) is 0 Å². The van der Waals surface area contributed by atoms with Crippen molar-refractivity contribution in [2.45, 2.75) is 38.6 Å². The molecule has 1 N–H and O–H groups in total. The van der Waals surface area contributed by atoms with Gasteiger partial charge in [0.1, 0.15) is 11.2 Å². The number of anilines is 1. The maximum atomic E-state index is 14.4. The third-order valence-corrected chi connectivity index (χ3v) is 4.57. The number of pyridine rings is 1. The van der Waals surface area contributed by atoms with Crippen LogP contribution in [0.15, 0.2) is 18.3 Å². The third kappa shape index (κ3) is 4.74. The first kappa shape index (κ1) is 20.6. The van der Waals surface area contributed by atoms with Gasteiger partial charge in [-0.2, -0.15) is 10.4 Å². The number of carbonyl (C=O) groups excluding carboxylic acids is 1. The van der Waals surface area contributed by atoms with Crippen molar-refractivity contribution in [2.24, 2.45) is 7.05 Å². The third-order valence-electron chi connectivity index (χ3n) is 4.28. The van der Waals surface area contributed by atoms with Crippen LogP contribution in [-0.2, 0) is 22.0 Å². The lowest BCUT2D eigenvalue weighted by atomic mass is 9.79. The number of carbonyl (C=O) groups is 1. The number of nitriles is 1. The van der Waals surface area contributed by atoms with Crippen LogP contribution in [0, 0.1) is 17.1 Å². The Kier molecular flexibility index (Phi) is 6.39. The first-order valence-corrected chi connectivity index (χ1v) is 8.75. The van der Waals surface area contributed by atoms with E-state index in [1.54, 1.807) is 30.9 Å². The molecule has 0 bridgehead atoms. The molecular weight excluding hydrogens is 373 g/mol. The summed E-state index contributed by atoms with van der Waals surface area (Å²) in [6.07, 6.45) is 1.76. The zero-order chi connectivity index (χ0) is 20.2. The highest BCUT2D eigenvalue weighted by molar-refractivity contribution is 6.30. The molecule has 0 spiro atoms. The second-order valence-corrected chi connectivity index (χ2v) is 6.93. The molecule has 0 fully saturated rings. The van der Waals surface area contributed by atoms with Crippen LogP contribution >= 0.6 is 11.6 Å². The van der Waals surface area contributed by atoms with E-state index in [4.69, 9.17) is 21.6 Å². The second-order valence-electron chi connectivity index (χ2n) is 6.57. The molecule has 9 heteroatoms. The Labute approximate surface area is 162 Å². The van der Waals surface area contributed by atoms with Crippen molar-refractivity contribution < 1.29 is 13.9 Å². The predicted octanol–water partition coefficient (Wildman–Crippen LogP) is 3.19. The number of hydrogen-bond donors (Lipinski definition) is 1. The van der Waals surface area contributed by atoms with Gasteiger partial charge in [0.2, 0.25) is 0 Å². The van der Waals surface area contributed by atoms with E-state index < -0.39 is 23.2 Å². The summed E-state index contributed by atoms with van der Waals surface area (Å²) >= 11 is 5.93. The fourth-order valence-corrected chi connectivity index (χ4v) is 2.80. The van der Waals surface area contributed by atoms with Crippen molar-refractivity contribution in [1.29, 1.82) is 5.26 Å². The van der Waals surface area contributed by atoms with Gasteiger partial charge in [0.25, 0.3) is 0 Å². The van der Waals surface area contributed by atoms with Crippen LogP contribution in [0.5, 0.6) is 0 Å². The first-order chi connectivity index (χ1) is 12.7. The van der Waals surface area contributed by atoms with Crippen molar-refractivity contribution in [2.75, 3.05) is 11.9 Å². The van der Waals surface area contributed by atoms with Crippen molar-refractivity contribution in [1.82, 2.24) is 14.8 Å². The van der Waals surface area contributed by atoms with E-state index in [0.717, 1.165) is 6.07 Å². The normalized spacial score (nSPS) is 12.3. The predicted molar refractivity (Wildman–Crippen MR) is 98.8 cm³/mol. The molecule has 2 aromatic heterocycles. The topological polar surface area (TPSA) is 92.8 Å². The average molecular weight is 394 g/mol. The van der Waals surface area contributed by atoms with E-state index in [2.05, 4.69) is 15.4 Å². The second kappa shape index (κ2) is 8.35. The zero-order valence-electron chi connectivity index (χ0n) is 15.6. The van der Waals surface area contributed by atoms with Crippen LogP contribution < -0.4 is 5.32 Å². The van der Waals surface area contributed by atoms with Crippen LogP contribution in [0.1, 0.15) is 38.4 Å². The minimum atomic E-state index is -0.735. The van der Waals surface area contributed by atoms with Crippen molar-refractivity contribution in [3.8, 4) is 6.07 Å². The fourth-order valence-electron chi connectivity index (χ4n) is 2.62. The number of ether oxygens (including phenoxy) is 1. The number of halogens is 2. The minimum absolute atomic E-state index is 0.0316. The molecule has 7 nitrogen and oxygen atoms in total. The summed E-state index contributed by atoms with van der Waals surface area (Å²) in [4.78, 5) is 16.0. The van der Waals surface area contributed by atoms with Gasteiger partial charge in [-0.25, -0.2) is 9.37 Å². The Morgan fingerprint density at radius 2 is 2.26 bits per heavy atom. The van der Waals surface area contributed by atoms with Gasteiger partial charge in [-0.3, -0.25) is 9.48 Å². The molecule has 0 aliphatic rings. The van der Waals surface area contributed by atoms with E-state index in [1.807, 2.05) is 19.9 Å². The summed E-state index contributed by atoms with van der Waals surface area (Å²) in [6.45, 7) is 5.72. The van der Waals surface area contributed by atoms with Crippen molar-refractivity contribution in [3.05, 3.63) is 40.6 Å². The number of aromatic nitrogens is 3. The Morgan fingerprint density at radius 1 is 1.56 bits per heavy atom. The zero-order valence-corrected chi connectivity index (χ0v) is 16.3. The minimum Gasteiger partial charge on any atom is -0.466 e. The Morgan fingerprint density at radius 3 is 2.81 bits per heavy atom. The molecular formula is C18H21ClFN5O2. The first-order valence-electron chi connectivity index (χ1n) is 8.37. The Balaban J connectivity index is 2.40. The van der Waals surface area contributed by atoms with Gasteiger partial charge in [0, 0.05) is 24.7 Å². The molecule has 144 valence electrons. The monoisotopic (exact) mass is 393 g/mol. The van der Waals surface area contributed by atoms with E-state index in [-0.39, 0.29) is 29.6 Å². The molecule has 27 heavy (non-hydrogen) atoms. The molecule has 0 saturated heterocycles. The SMILES string of the molecule is CCOC(=O)CC(Nc1nc(Cl)c(C#N)cc1F)C(C)(C)c1ccn(C)n1. The summed E-state index contributed by atoms with van der Waals surface area (Å²) in [5.74, 6) is -1.31. The molecule has 0 aliphatic carbocycles. The van der Waals surface area contributed by atoms with Gasteiger partial charge in [-0.1, -0.05) is 25.4 Å². The smallest absolute Gasteiger partial charge is 0.307 e. The summed E-state index contributed by atoms with van der Waals surface area (Å²) in [5, 5.41) is 16.2. The summed E-state index contributed by atoms with van der Waals surface area (Å²) in [6, 6.07) is 4.03. The lowest BCUT2D eigenvalue weighted by Crippen LogP contribution is -2.42. The summed E-state index contributed by atoms with van der Waals surface area (Å²) in [5.41, 5.74) is -0.0136. The molecule has 2 aromatic rings. The lowest BCUT2D eigenvalue weighted by Gasteiger charge is -2.33. The van der Waals surface area contributed by atoms with Gasteiger partial charge < -0.3 is 10.1 Å². The molecule has 2 heterocycles. The quantitative estimate of drug-likeness (QED) is 0.573. The average Bonchev–Trinajstić information content (AvgIpc) is 3.04. The van der Waals surface area contributed by atoms with E-state index in [9.17, 15) is 9.18 Å². The fraction of sp³-hybridized carbons (Fsp3) is 0.444. The van der Waals surface area contributed by atoms with Gasteiger partial charge >= 0.3 is 5.97 Å². The van der Waals surface area contributed by atoms with Crippen molar-refractivity contribution in [3.63, 3.8) is 0 Å². The van der Waals surface area contributed by atoms with Crippen LogP contribution in [0.2, 0.25) is 5.15 Å². The maximum absolute atomic E-state index is 14.4. The van der Waals surface area contributed by atoms with Crippen molar-refractivity contribution >= 4 is 23.4 Å². The number of aryl methyl sites for hydroxylation is 1. The summed E-state index contributed by atoms with van der Waals surface area (Å²) < 4.78 is 21.1. The number of nitrogens with one attached hydrogen (secondary N) is 1. The highest BCUT2D eigenvalue weighted by Crippen LogP contribution is 2.31. The van der Waals surface area contributed by atoms with E-state index >= 15 is 0 Å². The Bertz CT molecular complexity index is 875. The molecule has 2 rings (SSSR count). The molecule has 0 saturated carbocycles. The highest BCUT2D eigenvalue weighted by Gasteiger charge is 2.36. The van der Waals surface area contributed by atoms with Crippen LogP contribution in [-0.4, -0.2) is 33.4 Å². The molecule has 0 aromatic carbocycles. The van der Waals surface area contributed by atoms with Crippen LogP contribution in [0.4, 0.5) is 10.2 Å².